The molecule has 152 valence electrons. The monoisotopic (exact) mass is 437 g/mol. The minimum Gasteiger partial charge on any atom is -0.477 e. The number of hydrogen-bond donors (Lipinski definition) is 1. The lowest BCUT2D eigenvalue weighted by atomic mass is 10.2. The number of hydrogen-bond acceptors (Lipinski definition) is 7. The van der Waals surface area contributed by atoms with Gasteiger partial charge in [-0.25, -0.2) is 18.3 Å². The van der Waals surface area contributed by atoms with Crippen LogP contribution in [0.25, 0.3) is 0 Å². The van der Waals surface area contributed by atoms with Crippen LogP contribution in [0.5, 0.6) is 17.4 Å². The van der Waals surface area contributed by atoms with Crippen LogP contribution in [-0.4, -0.2) is 40.4 Å². The van der Waals surface area contributed by atoms with Crippen molar-refractivity contribution in [2.24, 2.45) is 12.2 Å². The summed E-state index contributed by atoms with van der Waals surface area (Å²) in [6.45, 7) is 1.45. The summed E-state index contributed by atoms with van der Waals surface area (Å²) in [7, 11) is 2.56. The van der Waals surface area contributed by atoms with Crippen LogP contribution >= 0.6 is 23.2 Å². The van der Waals surface area contributed by atoms with Crippen molar-refractivity contribution in [3.05, 3.63) is 33.4 Å². The highest BCUT2D eigenvalue weighted by molar-refractivity contribution is 6.36. The fourth-order valence-corrected chi connectivity index (χ4v) is 2.66. The van der Waals surface area contributed by atoms with Crippen LogP contribution < -0.4 is 9.47 Å². The van der Waals surface area contributed by atoms with E-state index >= 15 is 0 Å². The van der Waals surface area contributed by atoms with Crippen molar-refractivity contribution < 1.29 is 33.0 Å². The molecule has 12 heteroatoms. The maximum Gasteiger partial charge on any atom is 0.346 e. The number of ether oxygens (including phenoxy) is 3. The highest BCUT2D eigenvalue weighted by Crippen LogP contribution is 2.40. The van der Waals surface area contributed by atoms with E-state index in [0.29, 0.717) is 0 Å². The Kier molecular flexibility index (Phi) is 7.03. The Hall–Kier alpha value is -2.59. The lowest BCUT2D eigenvalue weighted by Gasteiger charge is -2.16. The molecule has 0 saturated heterocycles. The van der Waals surface area contributed by atoms with E-state index in [-0.39, 0.29) is 33.0 Å². The summed E-state index contributed by atoms with van der Waals surface area (Å²) in [4.78, 5) is 11.5. The molecule has 0 fully saturated rings. The van der Waals surface area contributed by atoms with E-state index in [9.17, 15) is 13.6 Å². The number of carbonyl (C=O) groups is 1. The summed E-state index contributed by atoms with van der Waals surface area (Å²) in [5, 5.41) is 15.3. The minimum absolute atomic E-state index is 0.0189. The van der Waals surface area contributed by atoms with E-state index < -0.39 is 24.2 Å². The zero-order valence-corrected chi connectivity index (χ0v) is 16.3. The van der Waals surface area contributed by atoms with Gasteiger partial charge in [0.05, 0.1) is 28.9 Å². The Morgan fingerprint density at radius 3 is 2.54 bits per heavy atom. The van der Waals surface area contributed by atoms with Gasteiger partial charge in [0.15, 0.2) is 11.9 Å². The fourth-order valence-electron chi connectivity index (χ4n) is 2.19. The van der Waals surface area contributed by atoms with Gasteiger partial charge in [-0.05, 0) is 13.0 Å². The third-order valence-corrected chi connectivity index (χ3v) is 4.07. The Balaban J connectivity index is 2.44. The van der Waals surface area contributed by atoms with Crippen LogP contribution in [0.3, 0.4) is 0 Å². The van der Waals surface area contributed by atoms with Crippen LogP contribution in [0.15, 0.2) is 17.3 Å². The molecule has 2 aromatic rings. The van der Waals surface area contributed by atoms with Crippen molar-refractivity contribution in [1.82, 2.24) is 9.78 Å². The fraction of sp³-hybridized carbons (Fsp3) is 0.312. The minimum atomic E-state index is -2.93. The van der Waals surface area contributed by atoms with Crippen molar-refractivity contribution in [2.45, 2.75) is 19.5 Å². The summed E-state index contributed by atoms with van der Waals surface area (Å²) >= 11 is 12.2. The van der Waals surface area contributed by atoms with Crippen LogP contribution in [0.4, 0.5) is 8.78 Å². The molecule has 1 atom stereocenters. The lowest BCUT2D eigenvalue weighted by Crippen LogP contribution is -2.25. The molecular weight excluding hydrogens is 423 g/mol. The Morgan fingerprint density at radius 1 is 1.32 bits per heavy atom. The predicted octanol–water partition coefficient (Wildman–Crippen LogP) is 4.21. The number of halogens is 4. The first kappa shape index (κ1) is 21.7. The molecular formula is C16H15Cl2F2N3O5. The molecule has 0 unspecified atom stereocenters. The standard InChI is InChI=1S/C16H15Cl2F2N3O5/c1-7(16(24)26-3)27-11-5-12(10(18)4-9(11)17)28-15-8(6-21-25)13(14(19)20)22-23(15)2/h4-7,14,25H,1-3H3/b21-6+/t7-/m0/s1. The second-order valence-corrected chi connectivity index (χ2v) is 6.19. The summed E-state index contributed by atoms with van der Waals surface area (Å²) in [5.41, 5.74) is -0.882. The number of esters is 1. The lowest BCUT2D eigenvalue weighted by molar-refractivity contribution is -0.147. The molecule has 1 heterocycles. The first-order chi connectivity index (χ1) is 13.2. The molecule has 2 rings (SSSR count). The highest BCUT2D eigenvalue weighted by Gasteiger charge is 2.25. The van der Waals surface area contributed by atoms with E-state index in [2.05, 4.69) is 15.0 Å². The number of nitrogens with zero attached hydrogens (tertiary/aromatic N) is 3. The zero-order chi connectivity index (χ0) is 21.0. The smallest absolute Gasteiger partial charge is 0.346 e. The largest absolute Gasteiger partial charge is 0.477 e. The molecule has 0 aliphatic heterocycles. The van der Waals surface area contributed by atoms with E-state index in [1.807, 2.05) is 0 Å². The van der Waals surface area contributed by atoms with Gasteiger partial charge < -0.3 is 19.4 Å². The maximum atomic E-state index is 13.2. The van der Waals surface area contributed by atoms with Gasteiger partial charge in [0, 0.05) is 13.1 Å². The predicted molar refractivity (Wildman–Crippen MR) is 96.2 cm³/mol. The number of aryl methyl sites for hydroxylation is 1. The van der Waals surface area contributed by atoms with Gasteiger partial charge in [-0.2, -0.15) is 5.10 Å². The number of alkyl halides is 2. The molecule has 8 nitrogen and oxygen atoms in total. The number of carbonyl (C=O) groups excluding carboxylic acids is 1. The second-order valence-electron chi connectivity index (χ2n) is 5.37. The molecule has 0 amide bonds. The van der Waals surface area contributed by atoms with Crippen molar-refractivity contribution in [3.63, 3.8) is 0 Å². The van der Waals surface area contributed by atoms with Gasteiger partial charge in [0.25, 0.3) is 6.43 Å². The van der Waals surface area contributed by atoms with Crippen molar-refractivity contribution >= 4 is 35.4 Å². The Morgan fingerprint density at radius 2 is 1.96 bits per heavy atom. The summed E-state index contributed by atoms with van der Waals surface area (Å²) < 4.78 is 42.9. The number of oxime groups is 1. The Labute approximate surface area is 168 Å². The molecule has 0 spiro atoms. The molecule has 1 aromatic carbocycles. The average molecular weight is 438 g/mol. The van der Waals surface area contributed by atoms with Crippen LogP contribution in [-0.2, 0) is 16.6 Å². The van der Waals surface area contributed by atoms with Gasteiger partial charge >= 0.3 is 5.97 Å². The summed E-state index contributed by atoms with van der Waals surface area (Å²) in [6.07, 6.45) is -3.14. The van der Waals surface area contributed by atoms with E-state index in [0.717, 1.165) is 10.9 Å². The second kappa shape index (κ2) is 9.07. The molecule has 1 aromatic heterocycles. The molecule has 28 heavy (non-hydrogen) atoms. The molecule has 0 aliphatic rings. The average Bonchev–Trinajstić information content (AvgIpc) is 2.94. The summed E-state index contributed by atoms with van der Waals surface area (Å²) in [6, 6.07) is 2.57. The normalized spacial score (nSPS) is 12.4. The Bertz CT molecular complexity index is 905. The number of aromatic nitrogens is 2. The molecule has 0 saturated carbocycles. The SMILES string of the molecule is COC(=O)[C@H](C)Oc1cc(Oc2c(/C=N/O)c(C(F)F)nn2C)c(Cl)cc1Cl. The van der Waals surface area contributed by atoms with Gasteiger partial charge in [0.1, 0.15) is 11.4 Å². The molecule has 0 aliphatic carbocycles. The van der Waals surface area contributed by atoms with E-state index in [1.165, 1.54) is 33.2 Å². The van der Waals surface area contributed by atoms with Crippen molar-refractivity contribution in [3.8, 4) is 17.4 Å². The van der Waals surface area contributed by atoms with Gasteiger partial charge in [-0.1, -0.05) is 28.4 Å². The maximum absolute atomic E-state index is 13.2. The zero-order valence-electron chi connectivity index (χ0n) is 14.8. The van der Waals surface area contributed by atoms with Crippen LogP contribution in [0.1, 0.15) is 24.6 Å². The number of rotatable bonds is 7. The number of methoxy groups -OCH3 is 1. The van der Waals surface area contributed by atoms with Crippen molar-refractivity contribution in [2.75, 3.05) is 7.11 Å². The first-order valence-corrected chi connectivity index (χ1v) is 8.39. The molecule has 1 N–H and O–H groups in total. The highest BCUT2D eigenvalue weighted by atomic mass is 35.5. The first-order valence-electron chi connectivity index (χ1n) is 7.63. The third kappa shape index (κ3) is 4.63. The third-order valence-electron chi connectivity index (χ3n) is 3.48. The van der Waals surface area contributed by atoms with Crippen LogP contribution in [0, 0.1) is 0 Å². The quantitative estimate of drug-likeness (QED) is 0.301. The molecule has 0 bridgehead atoms. The van der Waals surface area contributed by atoms with Gasteiger partial charge in [-0.15, -0.1) is 0 Å². The van der Waals surface area contributed by atoms with Crippen LogP contribution in [0.2, 0.25) is 10.0 Å². The van der Waals surface area contributed by atoms with Gasteiger partial charge in [-0.3, -0.25) is 0 Å². The summed E-state index contributed by atoms with van der Waals surface area (Å²) in [5.74, 6) is -0.769. The topological polar surface area (TPSA) is 95.2 Å². The molecule has 0 radical (unpaired) electrons. The van der Waals surface area contributed by atoms with Crippen molar-refractivity contribution in [1.29, 1.82) is 0 Å². The van der Waals surface area contributed by atoms with Gasteiger partial charge in [0.2, 0.25) is 5.88 Å². The van der Waals surface area contributed by atoms with E-state index in [4.69, 9.17) is 37.9 Å². The van der Waals surface area contributed by atoms with E-state index in [1.54, 1.807) is 0 Å². The number of benzene rings is 1.